The highest BCUT2D eigenvalue weighted by Gasteiger charge is 2.34. The molecule has 0 fully saturated rings. The minimum atomic E-state index is -0.123. The number of nitrogens with one attached hydrogen (secondary N) is 1. The lowest BCUT2D eigenvalue weighted by atomic mass is 9.91. The van der Waals surface area contributed by atoms with E-state index in [1.54, 1.807) is 26.0 Å². The molecule has 0 saturated carbocycles. The van der Waals surface area contributed by atoms with Gasteiger partial charge in [-0.3, -0.25) is 0 Å². The number of methoxy groups -OCH3 is 3. The molecule has 2 aromatic carbocycles. The Bertz CT molecular complexity index is 1030. The van der Waals surface area contributed by atoms with Crippen LogP contribution in [0.5, 0.6) is 17.2 Å². The lowest BCUT2D eigenvalue weighted by Crippen LogP contribution is -2.28. The maximum Gasteiger partial charge on any atom is 0.243 e. The Labute approximate surface area is 169 Å². The average molecular weight is 395 g/mol. The average Bonchev–Trinajstić information content (AvgIpc) is 3.22. The van der Waals surface area contributed by atoms with E-state index < -0.39 is 0 Å². The van der Waals surface area contributed by atoms with Crippen LogP contribution in [-0.2, 0) is 0 Å². The number of anilines is 1. The smallest absolute Gasteiger partial charge is 0.243 e. The van der Waals surface area contributed by atoms with Crippen LogP contribution in [-0.4, -0.2) is 41.5 Å². The molecule has 4 rings (SSSR count). The molecule has 3 aromatic rings. The van der Waals surface area contributed by atoms with E-state index >= 15 is 0 Å². The van der Waals surface area contributed by atoms with E-state index in [0.29, 0.717) is 23.2 Å². The normalized spacial score (nSPS) is 18.0. The number of benzene rings is 2. The fourth-order valence-corrected chi connectivity index (χ4v) is 3.88. The second-order valence-corrected chi connectivity index (χ2v) is 7.16. The molecule has 8 nitrogen and oxygen atoms in total. The SMILES string of the molecule is COc1ccc([C@H]2C[C@H](c3ccc(C)c(C)c3)Nc3nnnn32)c(OC)c1OC. The standard InChI is InChI=1S/C21H25N5O3/c1-12-6-7-14(10-13(12)2)16-11-17(26-21(22-16)23-24-25-26)15-8-9-18(27-3)20(29-5)19(15)28-4/h6-10,16-17H,11H2,1-5H3,(H,22,23,25)/t16-,17-/m1/s1. The van der Waals surface area contributed by atoms with Crippen molar-refractivity contribution in [3.8, 4) is 17.2 Å². The third-order valence-corrected chi connectivity index (χ3v) is 5.58. The fraction of sp³-hybridized carbons (Fsp3) is 0.381. The maximum atomic E-state index is 5.72. The van der Waals surface area contributed by atoms with Crippen molar-refractivity contribution in [1.29, 1.82) is 0 Å². The van der Waals surface area contributed by atoms with Crippen molar-refractivity contribution < 1.29 is 14.2 Å². The zero-order valence-electron chi connectivity index (χ0n) is 17.3. The van der Waals surface area contributed by atoms with Crippen molar-refractivity contribution in [3.05, 3.63) is 52.6 Å². The van der Waals surface area contributed by atoms with Gasteiger partial charge in [0.05, 0.1) is 33.4 Å². The number of aromatic nitrogens is 4. The zero-order chi connectivity index (χ0) is 20.5. The molecule has 0 saturated heterocycles. The van der Waals surface area contributed by atoms with Crippen molar-refractivity contribution >= 4 is 5.95 Å². The van der Waals surface area contributed by atoms with Gasteiger partial charge in [0.15, 0.2) is 11.5 Å². The third-order valence-electron chi connectivity index (χ3n) is 5.58. The molecule has 8 heteroatoms. The Morgan fingerprint density at radius 3 is 2.45 bits per heavy atom. The van der Waals surface area contributed by atoms with Gasteiger partial charge in [-0.05, 0) is 59.5 Å². The first-order valence-electron chi connectivity index (χ1n) is 9.47. The predicted molar refractivity (Wildman–Crippen MR) is 109 cm³/mol. The van der Waals surface area contributed by atoms with E-state index in [0.717, 1.165) is 12.0 Å². The number of rotatable bonds is 5. The topological polar surface area (TPSA) is 83.3 Å². The summed E-state index contributed by atoms with van der Waals surface area (Å²) in [6.45, 7) is 4.24. The molecule has 1 aliphatic heterocycles. The van der Waals surface area contributed by atoms with Crippen molar-refractivity contribution in [1.82, 2.24) is 20.2 Å². The van der Waals surface area contributed by atoms with E-state index in [1.165, 1.54) is 16.7 Å². The van der Waals surface area contributed by atoms with Crippen molar-refractivity contribution in [2.24, 2.45) is 0 Å². The Morgan fingerprint density at radius 1 is 0.966 bits per heavy atom. The van der Waals surface area contributed by atoms with E-state index in [1.807, 2.05) is 12.1 Å². The summed E-state index contributed by atoms with van der Waals surface area (Å²) in [4.78, 5) is 0. The fourth-order valence-electron chi connectivity index (χ4n) is 3.88. The molecule has 0 unspecified atom stereocenters. The van der Waals surface area contributed by atoms with Crippen LogP contribution >= 0.6 is 0 Å². The Kier molecular flexibility index (Phi) is 5.00. The minimum Gasteiger partial charge on any atom is -0.493 e. The van der Waals surface area contributed by atoms with Gasteiger partial charge in [-0.15, -0.1) is 0 Å². The molecule has 0 bridgehead atoms. The molecule has 1 aromatic heterocycles. The summed E-state index contributed by atoms with van der Waals surface area (Å²) < 4.78 is 18.5. The van der Waals surface area contributed by atoms with Crippen LogP contribution in [0.25, 0.3) is 0 Å². The van der Waals surface area contributed by atoms with Gasteiger partial charge in [0, 0.05) is 5.56 Å². The van der Waals surface area contributed by atoms with Gasteiger partial charge in [0.25, 0.3) is 0 Å². The zero-order valence-corrected chi connectivity index (χ0v) is 17.3. The first-order valence-corrected chi connectivity index (χ1v) is 9.47. The summed E-state index contributed by atoms with van der Waals surface area (Å²) in [5.41, 5.74) is 4.67. The van der Waals surface area contributed by atoms with E-state index in [4.69, 9.17) is 14.2 Å². The van der Waals surface area contributed by atoms with Gasteiger partial charge in [-0.2, -0.15) is 0 Å². The quantitative estimate of drug-likeness (QED) is 0.708. The van der Waals surface area contributed by atoms with Gasteiger partial charge in [-0.1, -0.05) is 23.3 Å². The third kappa shape index (κ3) is 3.24. The van der Waals surface area contributed by atoms with Crippen molar-refractivity contribution in [2.75, 3.05) is 26.6 Å². The predicted octanol–water partition coefficient (Wildman–Crippen LogP) is 3.46. The molecular formula is C21H25N5O3. The van der Waals surface area contributed by atoms with E-state index in [-0.39, 0.29) is 12.1 Å². The number of fused-ring (bicyclic) bond motifs is 1. The highest BCUT2D eigenvalue weighted by Crippen LogP contribution is 2.46. The second-order valence-electron chi connectivity index (χ2n) is 7.16. The summed E-state index contributed by atoms with van der Waals surface area (Å²) in [6.07, 6.45) is 0.756. The van der Waals surface area contributed by atoms with Crippen LogP contribution in [0.3, 0.4) is 0 Å². The van der Waals surface area contributed by atoms with Crippen LogP contribution in [0.2, 0.25) is 0 Å². The van der Waals surface area contributed by atoms with Gasteiger partial charge in [-0.25, -0.2) is 4.68 Å². The minimum absolute atomic E-state index is 0.0654. The van der Waals surface area contributed by atoms with Crippen LogP contribution in [0.15, 0.2) is 30.3 Å². The van der Waals surface area contributed by atoms with Crippen LogP contribution < -0.4 is 19.5 Å². The Morgan fingerprint density at radius 2 is 1.76 bits per heavy atom. The molecule has 0 amide bonds. The van der Waals surface area contributed by atoms with Crippen molar-refractivity contribution in [3.63, 3.8) is 0 Å². The molecule has 152 valence electrons. The Balaban J connectivity index is 1.80. The number of ether oxygens (including phenoxy) is 3. The van der Waals surface area contributed by atoms with E-state index in [2.05, 4.69) is 52.9 Å². The second kappa shape index (κ2) is 7.62. The van der Waals surface area contributed by atoms with Crippen LogP contribution in [0, 0.1) is 13.8 Å². The number of aryl methyl sites for hydroxylation is 2. The molecule has 1 aliphatic rings. The summed E-state index contributed by atoms with van der Waals surface area (Å²) in [6, 6.07) is 10.3. The van der Waals surface area contributed by atoms with Crippen LogP contribution in [0.4, 0.5) is 5.95 Å². The lowest BCUT2D eigenvalue weighted by Gasteiger charge is -2.32. The first kappa shape index (κ1) is 19.0. The molecule has 0 spiro atoms. The number of tetrazole rings is 1. The lowest BCUT2D eigenvalue weighted by molar-refractivity contribution is 0.315. The number of hydrogen-bond donors (Lipinski definition) is 1. The molecular weight excluding hydrogens is 370 g/mol. The maximum absolute atomic E-state index is 5.72. The summed E-state index contributed by atoms with van der Waals surface area (Å²) in [7, 11) is 4.84. The van der Waals surface area contributed by atoms with E-state index in [9.17, 15) is 0 Å². The first-order chi connectivity index (χ1) is 14.1. The van der Waals surface area contributed by atoms with Crippen molar-refractivity contribution in [2.45, 2.75) is 32.4 Å². The molecule has 1 N–H and O–H groups in total. The summed E-state index contributed by atoms with van der Waals surface area (Å²) >= 11 is 0. The molecule has 2 atom stereocenters. The molecule has 2 heterocycles. The highest BCUT2D eigenvalue weighted by atomic mass is 16.5. The van der Waals surface area contributed by atoms with Crippen LogP contribution in [0.1, 0.15) is 40.8 Å². The number of hydrogen-bond acceptors (Lipinski definition) is 7. The Hall–Kier alpha value is -3.29. The van der Waals surface area contributed by atoms with Gasteiger partial charge >= 0.3 is 0 Å². The van der Waals surface area contributed by atoms with Gasteiger partial charge in [0.2, 0.25) is 11.7 Å². The summed E-state index contributed by atoms with van der Waals surface area (Å²) in [5.74, 6) is 2.42. The molecule has 29 heavy (non-hydrogen) atoms. The van der Waals surface area contributed by atoms with Gasteiger partial charge < -0.3 is 19.5 Å². The van der Waals surface area contributed by atoms with Gasteiger partial charge in [0.1, 0.15) is 0 Å². The molecule has 0 radical (unpaired) electrons. The monoisotopic (exact) mass is 395 g/mol. The molecule has 0 aliphatic carbocycles. The largest absolute Gasteiger partial charge is 0.493 e. The highest BCUT2D eigenvalue weighted by molar-refractivity contribution is 5.57. The summed E-state index contributed by atoms with van der Waals surface area (Å²) in [5, 5.41) is 15.7. The number of nitrogens with zero attached hydrogens (tertiary/aromatic N) is 4.